The van der Waals surface area contributed by atoms with E-state index in [1.807, 2.05) is 6.92 Å². The molecule has 0 aliphatic rings. The molecular weight excluding hydrogens is 354 g/mol. The van der Waals surface area contributed by atoms with E-state index in [0.717, 1.165) is 5.75 Å². The van der Waals surface area contributed by atoms with Crippen molar-refractivity contribution in [2.24, 2.45) is 0 Å². The van der Waals surface area contributed by atoms with Gasteiger partial charge in [0.15, 0.2) is 6.61 Å². The zero-order valence-electron chi connectivity index (χ0n) is 14.5. The van der Waals surface area contributed by atoms with Crippen LogP contribution in [0, 0.1) is 0 Å². The van der Waals surface area contributed by atoms with Gasteiger partial charge >= 0.3 is 5.97 Å². The van der Waals surface area contributed by atoms with E-state index in [2.05, 4.69) is 5.32 Å². The van der Waals surface area contributed by atoms with Crippen LogP contribution in [0.3, 0.4) is 0 Å². The average Bonchev–Trinajstić information content (AvgIpc) is 3.16. The minimum absolute atomic E-state index is 0.0917. The molecule has 1 heterocycles. The van der Waals surface area contributed by atoms with Crippen molar-refractivity contribution in [3.05, 3.63) is 46.7 Å². The van der Waals surface area contributed by atoms with Gasteiger partial charge in [-0.2, -0.15) is 0 Å². The lowest BCUT2D eigenvalue weighted by Crippen LogP contribution is -2.15. The molecule has 0 aliphatic heterocycles. The van der Waals surface area contributed by atoms with Crippen LogP contribution in [0.4, 0.5) is 5.69 Å². The highest BCUT2D eigenvalue weighted by Crippen LogP contribution is 2.16. The van der Waals surface area contributed by atoms with Gasteiger partial charge in [0, 0.05) is 18.5 Å². The zero-order chi connectivity index (χ0) is 18.8. The normalized spacial score (nSPS) is 10.2. The van der Waals surface area contributed by atoms with Crippen molar-refractivity contribution in [2.75, 3.05) is 18.5 Å². The minimum atomic E-state index is -0.483. The lowest BCUT2D eigenvalue weighted by atomic mass is 10.2. The molecule has 0 radical (unpaired) electrons. The van der Waals surface area contributed by atoms with Crippen molar-refractivity contribution >= 4 is 34.7 Å². The lowest BCUT2D eigenvalue weighted by Gasteiger charge is -2.07. The molecule has 138 valence electrons. The second-order valence-electron chi connectivity index (χ2n) is 5.42. The van der Waals surface area contributed by atoms with E-state index in [1.165, 1.54) is 11.3 Å². The van der Waals surface area contributed by atoms with Crippen LogP contribution in [0.5, 0.6) is 5.75 Å². The molecule has 7 heteroatoms. The van der Waals surface area contributed by atoms with E-state index in [4.69, 9.17) is 9.47 Å². The molecular formula is C19H21NO5S. The summed E-state index contributed by atoms with van der Waals surface area (Å²) in [5, 5.41) is 4.54. The Balaban J connectivity index is 1.62. The number of rotatable bonds is 10. The van der Waals surface area contributed by atoms with Crippen LogP contribution in [0.1, 0.15) is 35.9 Å². The quantitative estimate of drug-likeness (QED) is 0.506. The van der Waals surface area contributed by atoms with Gasteiger partial charge in [-0.15, -0.1) is 11.3 Å². The Bertz CT molecular complexity index is 725. The molecule has 0 fully saturated rings. The summed E-state index contributed by atoms with van der Waals surface area (Å²) in [6.07, 6.45) is 0.643. The van der Waals surface area contributed by atoms with Gasteiger partial charge in [-0.25, -0.2) is 0 Å². The van der Waals surface area contributed by atoms with Gasteiger partial charge in [0.05, 0.1) is 11.5 Å². The maximum absolute atomic E-state index is 11.9. The van der Waals surface area contributed by atoms with E-state index in [0.29, 0.717) is 23.6 Å². The Morgan fingerprint density at radius 3 is 2.50 bits per heavy atom. The predicted octanol–water partition coefficient (Wildman–Crippen LogP) is 3.68. The fourth-order valence-corrected chi connectivity index (χ4v) is 2.80. The predicted molar refractivity (Wildman–Crippen MR) is 99.7 cm³/mol. The molecule has 2 rings (SSSR count). The maximum atomic E-state index is 11.9. The molecule has 0 bridgehead atoms. The van der Waals surface area contributed by atoms with Crippen molar-refractivity contribution in [3.63, 3.8) is 0 Å². The number of benzene rings is 1. The summed E-state index contributed by atoms with van der Waals surface area (Å²) in [5.74, 6) is -0.146. The van der Waals surface area contributed by atoms with E-state index in [9.17, 15) is 14.4 Å². The fraction of sp³-hybridized carbons (Fsp3) is 0.316. The number of nitrogens with one attached hydrogen (secondary N) is 1. The number of hydrogen-bond donors (Lipinski definition) is 1. The summed E-state index contributed by atoms with van der Waals surface area (Å²) < 4.78 is 10.3. The van der Waals surface area contributed by atoms with Gasteiger partial charge in [0.25, 0.3) is 0 Å². The highest BCUT2D eigenvalue weighted by molar-refractivity contribution is 7.12. The van der Waals surface area contributed by atoms with Crippen molar-refractivity contribution in [2.45, 2.75) is 26.2 Å². The number of hydrogen-bond acceptors (Lipinski definition) is 6. The van der Waals surface area contributed by atoms with Gasteiger partial charge in [-0.1, -0.05) is 6.07 Å². The first kappa shape index (κ1) is 19.7. The summed E-state index contributed by atoms with van der Waals surface area (Å²) >= 11 is 1.31. The van der Waals surface area contributed by atoms with Crippen molar-refractivity contribution in [1.82, 2.24) is 0 Å². The first-order valence-corrected chi connectivity index (χ1v) is 9.21. The fourth-order valence-electron chi connectivity index (χ4n) is 2.14. The Morgan fingerprint density at radius 2 is 1.85 bits per heavy atom. The van der Waals surface area contributed by atoms with Crippen LogP contribution in [0.2, 0.25) is 0 Å². The third kappa shape index (κ3) is 6.68. The number of ether oxygens (including phenoxy) is 2. The molecule has 0 atom stereocenters. The Morgan fingerprint density at radius 1 is 1.08 bits per heavy atom. The third-order valence-corrected chi connectivity index (χ3v) is 4.30. The van der Waals surface area contributed by atoms with Crippen LogP contribution >= 0.6 is 11.3 Å². The van der Waals surface area contributed by atoms with Gasteiger partial charge in [0.1, 0.15) is 5.75 Å². The van der Waals surface area contributed by atoms with Gasteiger partial charge in [0.2, 0.25) is 11.7 Å². The molecule has 1 amide bonds. The number of ketones is 1. The second kappa shape index (κ2) is 10.4. The number of thiophene rings is 1. The first-order valence-electron chi connectivity index (χ1n) is 8.33. The third-order valence-electron chi connectivity index (χ3n) is 3.39. The summed E-state index contributed by atoms with van der Waals surface area (Å²) in [5.41, 5.74) is 0.669. The summed E-state index contributed by atoms with van der Waals surface area (Å²) in [6.45, 7) is 2.22. The van der Waals surface area contributed by atoms with Crippen LogP contribution in [-0.2, 0) is 14.3 Å². The Labute approximate surface area is 156 Å². The number of anilines is 1. The lowest BCUT2D eigenvalue weighted by molar-refractivity contribution is -0.142. The number of esters is 1. The van der Waals surface area contributed by atoms with Crippen molar-refractivity contribution in [1.29, 1.82) is 0 Å². The van der Waals surface area contributed by atoms with E-state index >= 15 is 0 Å². The first-order chi connectivity index (χ1) is 12.6. The number of carbonyl (C=O) groups is 3. The molecule has 26 heavy (non-hydrogen) atoms. The highest BCUT2D eigenvalue weighted by atomic mass is 32.1. The topological polar surface area (TPSA) is 81.7 Å². The van der Waals surface area contributed by atoms with E-state index < -0.39 is 5.97 Å². The molecule has 2 aromatic rings. The molecule has 6 nitrogen and oxygen atoms in total. The Hall–Kier alpha value is -2.67. The summed E-state index contributed by atoms with van der Waals surface area (Å²) in [7, 11) is 0. The van der Waals surface area contributed by atoms with Crippen LogP contribution in [0.15, 0.2) is 41.8 Å². The van der Waals surface area contributed by atoms with Crippen LogP contribution in [-0.4, -0.2) is 30.9 Å². The SMILES string of the molecule is CCOc1ccc(NC(=O)CCCC(=O)OCC(=O)c2cccs2)cc1. The van der Waals surface area contributed by atoms with E-state index in [-0.39, 0.29) is 31.1 Å². The number of carbonyl (C=O) groups excluding carboxylic acids is 3. The largest absolute Gasteiger partial charge is 0.494 e. The summed E-state index contributed by atoms with van der Waals surface area (Å²) in [6, 6.07) is 10.5. The van der Waals surface area contributed by atoms with Crippen molar-refractivity contribution in [3.8, 4) is 5.75 Å². The smallest absolute Gasteiger partial charge is 0.306 e. The number of Topliss-reactive ketones (excluding diaryl/α,β-unsaturated/α-hetero) is 1. The monoisotopic (exact) mass is 375 g/mol. The standard InChI is InChI=1S/C19H21NO5S/c1-2-24-15-10-8-14(9-11-15)20-18(22)6-3-7-19(23)25-13-16(21)17-5-4-12-26-17/h4-5,8-12H,2-3,6-7,13H2,1H3,(H,20,22). The van der Waals surface area contributed by atoms with Crippen LogP contribution in [0.25, 0.3) is 0 Å². The minimum Gasteiger partial charge on any atom is -0.494 e. The highest BCUT2D eigenvalue weighted by Gasteiger charge is 2.11. The molecule has 1 N–H and O–H groups in total. The Kier molecular flexibility index (Phi) is 7.82. The average molecular weight is 375 g/mol. The van der Waals surface area contributed by atoms with Gasteiger partial charge < -0.3 is 14.8 Å². The van der Waals surface area contributed by atoms with E-state index in [1.54, 1.807) is 41.8 Å². The number of amides is 1. The van der Waals surface area contributed by atoms with Crippen LogP contribution < -0.4 is 10.1 Å². The molecule has 1 aromatic carbocycles. The maximum Gasteiger partial charge on any atom is 0.306 e. The zero-order valence-corrected chi connectivity index (χ0v) is 15.3. The molecule has 1 aromatic heterocycles. The molecule has 0 spiro atoms. The van der Waals surface area contributed by atoms with Gasteiger partial charge in [-0.05, 0) is 49.1 Å². The van der Waals surface area contributed by atoms with Crippen molar-refractivity contribution < 1.29 is 23.9 Å². The molecule has 0 aliphatic carbocycles. The molecule has 0 unspecified atom stereocenters. The molecule has 0 saturated carbocycles. The second-order valence-corrected chi connectivity index (χ2v) is 6.37. The molecule has 0 saturated heterocycles. The van der Waals surface area contributed by atoms with Gasteiger partial charge in [-0.3, -0.25) is 14.4 Å². The summed E-state index contributed by atoms with van der Waals surface area (Å²) in [4.78, 5) is 35.8.